The Bertz CT molecular complexity index is 642. The number of aromatic nitrogens is 1. The van der Waals surface area contributed by atoms with Crippen LogP contribution in [0.2, 0.25) is 10.0 Å². The Kier molecular flexibility index (Phi) is 4.48. The first-order valence-electron chi connectivity index (χ1n) is 7.28. The second-order valence-electron chi connectivity index (χ2n) is 5.66. The Morgan fingerprint density at radius 2 is 2.10 bits per heavy atom. The van der Waals surface area contributed by atoms with Gasteiger partial charge in [0.25, 0.3) is 0 Å². The molecule has 0 amide bonds. The van der Waals surface area contributed by atoms with Crippen LogP contribution in [-0.4, -0.2) is 11.0 Å². The molecule has 2 nitrogen and oxygen atoms in total. The lowest BCUT2D eigenvalue weighted by Gasteiger charge is -2.29. The van der Waals surface area contributed by atoms with Gasteiger partial charge in [-0.25, -0.2) is 0 Å². The second kappa shape index (κ2) is 6.35. The van der Waals surface area contributed by atoms with Crippen LogP contribution in [0.1, 0.15) is 35.6 Å². The minimum absolute atomic E-state index is 0.0520. The monoisotopic (exact) mass is 320 g/mol. The normalized spacial score (nSPS) is 19.1. The molecule has 3 rings (SSSR count). The zero-order valence-corrected chi connectivity index (χ0v) is 13.2. The predicted molar refractivity (Wildman–Crippen MR) is 88.1 cm³/mol. The molecule has 0 spiro atoms. The fourth-order valence-corrected chi connectivity index (χ4v) is 3.46. The number of rotatable bonds is 3. The van der Waals surface area contributed by atoms with Crippen molar-refractivity contribution >= 4 is 23.2 Å². The molecule has 110 valence electrons. The number of benzene rings is 1. The van der Waals surface area contributed by atoms with Crippen molar-refractivity contribution in [1.82, 2.24) is 4.98 Å². The maximum Gasteiger partial charge on any atom is 0.0595 e. The second-order valence-corrected chi connectivity index (χ2v) is 6.48. The van der Waals surface area contributed by atoms with E-state index in [4.69, 9.17) is 28.9 Å². The van der Waals surface area contributed by atoms with Crippen molar-refractivity contribution in [3.05, 3.63) is 63.4 Å². The third kappa shape index (κ3) is 3.23. The third-order valence-corrected chi connectivity index (χ3v) is 4.95. The molecular weight excluding hydrogens is 303 g/mol. The Morgan fingerprint density at radius 1 is 1.24 bits per heavy atom. The van der Waals surface area contributed by atoms with Crippen LogP contribution in [0.5, 0.6) is 0 Å². The minimum atomic E-state index is 0.0520. The van der Waals surface area contributed by atoms with Crippen LogP contribution >= 0.6 is 23.2 Å². The number of aryl methyl sites for hydroxylation is 1. The first-order valence-corrected chi connectivity index (χ1v) is 8.04. The molecule has 2 atom stereocenters. The topological polar surface area (TPSA) is 38.9 Å². The Hall–Kier alpha value is -1.09. The summed E-state index contributed by atoms with van der Waals surface area (Å²) in [5.41, 5.74) is 10.1. The predicted octanol–water partition coefficient (Wildman–Crippen LogP) is 4.38. The van der Waals surface area contributed by atoms with Gasteiger partial charge in [-0.1, -0.05) is 35.3 Å². The van der Waals surface area contributed by atoms with E-state index in [1.165, 1.54) is 17.7 Å². The van der Waals surface area contributed by atoms with E-state index in [0.717, 1.165) is 24.8 Å². The standard InChI is InChI=1S/C17H18Cl2N2/c18-14-7-6-11(9-15(14)19)10-16(20)13-5-1-3-12-4-2-8-21-17(12)13/h2,4,6-9,13,16H,1,3,5,10,20H2. The molecule has 4 heteroatoms. The quantitative estimate of drug-likeness (QED) is 0.911. The van der Waals surface area contributed by atoms with Crippen LogP contribution < -0.4 is 5.73 Å². The van der Waals surface area contributed by atoms with Crippen LogP contribution in [-0.2, 0) is 12.8 Å². The molecule has 21 heavy (non-hydrogen) atoms. The molecule has 0 aliphatic heterocycles. The first kappa shape index (κ1) is 14.8. The number of nitrogens with zero attached hydrogens (tertiary/aromatic N) is 1. The molecular formula is C17H18Cl2N2. The zero-order chi connectivity index (χ0) is 14.8. The van der Waals surface area contributed by atoms with E-state index in [2.05, 4.69) is 11.1 Å². The number of pyridine rings is 1. The van der Waals surface area contributed by atoms with Crippen LogP contribution in [0.25, 0.3) is 0 Å². The van der Waals surface area contributed by atoms with Crippen molar-refractivity contribution < 1.29 is 0 Å². The van der Waals surface area contributed by atoms with Crippen LogP contribution in [0.3, 0.4) is 0 Å². The van der Waals surface area contributed by atoms with E-state index in [-0.39, 0.29) is 6.04 Å². The summed E-state index contributed by atoms with van der Waals surface area (Å²) < 4.78 is 0. The summed E-state index contributed by atoms with van der Waals surface area (Å²) in [7, 11) is 0. The zero-order valence-electron chi connectivity index (χ0n) is 11.7. The minimum Gasteiger partial charge on any atom is -0.327 e. The van der Waals surface area contributed by atoms with Crippen molar-refractivity contribution in [2.24, 2.45) is 5.73 Å². The maximum atomic E-state index is 6.47. The van der Waals surface area contributed by atoms with Crippen molar-refractivity contribution in [2.75, 3.05) is 0 Å². The molecule has 2 N–H and O–H groups in total. The molecule has 1 aromatic heterocycles. The van der Waals surface area contributed by atoms with Gasteiger partial charge in [-0.2, -0.15) is 0 Å². The molecule has 0 bridgehead atoms. The molecule has 2 aromatic rings. The number of hydrogen-bond acceptors (Lipinski definition) is 2. The van der Waals surface area contributed by atoms with Gasteiger partial charge in [0.15, 0.2) is 0 Å². The van der Waals surface area contributed by atoms with Crippen molar-refractivity contribution in [3.8, 4) is 0 Å². The van der Waals surface area contributed by atoms with Crippen molar-refractivity contribution in [3.63, 3.8) is 0 Å². The largest absolute Gasteiger partial charge is 0.327 e. The lowest BCUT2D eigenvalue weighted by atomic mass is 9.80. The molecule has 0 fully saturated rings. The van der Waals surface area contributed by atoms with E-state index >= 15 is 0 Å². The van der Waals surface area contributed by atoms with E-state index in [9.17, 15) is 0 Å². The molecule has 0 saturated carbocycles. The summed E-state index contributed by atoms with van der Waals surface area (Å²) in [6.07, 6.45) is 6.05. The number of nitrogens with two attached hydrogens (primary N) is 1. The van der Waals surface area contributed by atoms with Crippen molar-refractivity contribution in [2.45, 2.75) is 37.6 Å². The first-order chi connectivity index (χ1) is 10.1. The summed E-state index contributed by atoms with van der Waals surface area (Å²) in [6.45, 7) is 0. The van der Waals surface area contributed by atoms with Gasteiger partial charge in [-0.15, -0.1) is 0 Å². The van der Waals surface area contributed by atoms with E-state index in [1.54, 1.807) is 0 Å². The Balaban J connectivity index is 1.80. The average molecular weight is 321 g/mol. The lowest BCUT2D eigenvalue weighted by Crippen LogP contribution is -2.33. The molecule has 1 aliphatic rings. The molecule has 0 radical (unpaired) electrons. The summed E-state index contributed by atoms with van der Waals surface area (Å²) in [4.78, 5) is 4.57. The highest BCUT2D eigenvalue weighted by atomic mass is 35.5. The van der Waals surface area contributed by atoms with Gasteiger partial charge in [-0.05, 0) is 55.0 Å². The third-order valence-electron chi connectivity index (χ3n) is 4.21. The van der Waals surface area contributed by atoms with Crippen LogP contribution in [0, 0.1) is 0 Å². The van der Waals surface area contributed by atoms with Crippen LogP contribution in [0.4, 0.5) is 0 Å². The summed E-state index contributed by atoms with van der Waals surface area (Å²) in [5.74, 6) is 0.324. The number of halogens is 2. The van der Waals surface area contributed by atoms with E-state index in [0.29, 0.717) is 16.0 Å². The molecule has 1 aromatic carbocycles. The number of hydrogen-bond donors (Lipinski definition) is 1. The molecule has 2 unspecified atom stereocenters. The van der Waals surface area contributed by atoms with Crippen LogP contribution in [0.15, 0.2) is 36.5 Å². The smallest absolute Gasteiger partial charge is 0.0595 e. The van der Waals surface area contributed by atoms with Gasteiger partial charge in [-0.3, -0.25) is 4.98 Å². The van der Waals surface area contributed by atoms with Gasteiger partial charge in [0.1, 0.15) is 0 Å². The average Bonchev–Trinajstić information content (AvgIpc) is 2.50. The fourth-order valence-electron chi connectivity index (χ4n) is 3.14. The van der Waals surface area contributed by atoms with Gasteiger partial charge in [0, 0.05) is 23.9 Å². The van der Waals surface area contributed by atoms with Gasteiger partial charge >= 0.3 is 0 Å². The van der Waals surface area contributed by atoms with E-state index in [1.807, 2.05) is 30.5 Å². The highest BCUT2D eigenvalue weighted by Gasteiger charge is 2.26. The number of fused-ring (bicyclic) bond motifs is 1. The summed E-state index contributed by atoms with van der Waals surface area (Å²) in [6, 6.07) is 9.96. The highest BCUT2D eigenvalue weighted by Crippen LogP contribution is 2.33. The van der Waals surface area contributed by atoms with Gasteiger partial charge < -0.3 is 5.73 Å². The maximum absolute atomic E-state index is 6.47. The summed E-state index contributed by atoms with van der Waals surface area (Å²) >= 11 is 12.0. The summed E-state index contributed by atoms with van der Waals surface area (Å²) in [5, 5.41) is 1.17. The molecule has 0 saturated heterocycles. The highest BCUT2D eigenvalue weighted by molar-refractivity contribution is 6.42. The SMILES string of the molecule is NC(Cc1ccc(Cl)c(Cl)c1)C1CCCc2cccnc21. The molecule has 1 aliphatic carbocycles. The fraction of sp³-hybridized carbons (Fsp3) is 0.353. The van der Waals surface area contributed by atoms with E-state index < -0.39 is 0 Å². The Labute approximate surface area is 135 Å². The van der Waals surface area contributed by atoms with Gasteiger partial charge in [0.2, 0.25) is 0 Å². The lowest BCUT2D eigenvalue weighted by molar-refractivity contribution is 0.449. The van der Waals surface area contributed by atoms with Gasteiger partial charge in [0.05, 0.1) is 10.0 Å². The van der Waals surface area contributed by atoms with Crippen molar-refractivity contribution in [1.29, 1.82) is 0 Å². The molecule has 1 heterocycles. The Morgan fingerprint density at radius 3 is 2.90 bits per heavy atom.